The number of esters is 1. The number of ether oxygens (including phenoxy) is 1. The molecule has 0 aromatic rings. The molecule has 2 N–H and O–H groups in total. The fraction of sp³-hybridized carbons (Fsp3) is 0.870. The second kappa shape index (κ2) is 66.9. The highest BCUT2D eigenvalue weighted by molar-refractivity contribution is 7.47. The van der Waals surface area contributed by atoms with Gasteiger partial charge in [-0.25, -0.2) is 4.57 Å². The Kier molecular flexibility index (Phi) is 65.3. The van der Waals surface area contributed by atoms with Gasteiger partial charge in [-0.1, -0.05) is 346 Å². The predicted octanol–water partition coefficient (Wildman–Crippen LogP) is 24.4. The first-order valence-corrected chi connectivity index (χ1v) is 39.5. The van der Waals surface area contributed by atoms with E-state index in [0.717, 1.165) is 70.6 Å². The van der Waals surface area contributed by atoms with E-state index >= 15 is 0 Å². The number of amides is 1. The first-order valence-electron chi connectivity index (χ1n) is 38.0. The van der Waals surface area contributed by atoms with E-state index in [0.29, 0.717) is 23.9 Å². The fourth-order valence-corrected chi connectivity index (χ4v) is 12.2. The van der Waals surface area contributed by atoms with E-state index in [1.54, 1.807) is 0 Å². The third kappa shape index (κ3) is 68.2. The zero-order valence-corrected chi connectivity index (χ0v) is 59.7. The molecule has 0 fully saturated rings. The number of hydrogen-bond acceptors (Lipinski definition) is 6. The van der Waals surface area contributed by atoms with Crippen LogP contribution in [0.5, 0.6) is 0 Å². The Hall–Kier alpha value is -2.03. The predicted molar refractivity (Wildman–Crippen MR) is 379 cm³/mol. The second-order valence-electron chi connectivity index (χ2n) is 27.2. The Balaban J connectivity index is 5.01. The summed E-state index contributed by atoms with van der Waals surface area (Å²) in [6, 6.07) is -0.850. The van der Waals surface area contributed by atoms with Crippen molar-refractivity contribution in [1.29, 1.82) is 0 Å². The summed E-state index contributed by atoms with van der Waals surface area (Å²) in [5, 5.41) is 3.08. The average Bonchev–Trinajstić information content (AvgIpc) is 3.69. The molecule has 3 unspecified atom stereocenters. The van der Waals surface area contributed by atoms with Crippen LogP contribution < -0.4 is 5.32 Å². The Morgan fingerprint density at radius 3 is 1.07 bits per heavy atom. The number of allylic oxidation sites excluding steroid dienone is 7. The molecule has 0 saturated carbocycles. The summed E-state index contributed by atoms with van der Waals surface area (Å²) in [5.74, 6) is -0.489. The van der Waals surface area contributed by atoms with Crippen molar-refractivity contribution in [2.24, 2.45) is 0 Å². The van der Waals surface area contributed by atoms with Crippen LogP contribution in [0.25, 0.3) is 0 Å². The van der Waals surface area contributed by atoms with Crippen LogP contribution in [0, 0.1) is 0 Å². The summed E-state index contributed by atoms with van der Waals surface area (Å²) in [7, 11) is 1.51. The lowest BCUT2D eigenvalue weighted by atomic mass is 10.0. The van der Waals surface area contributed by atoms with Gasteiger partial charge in [0.25, 0.3) is 0 Å². The van der Waals surface area contributed by atoms with Gasteiger partial charge in [-0.3, -0.25) is 18.6 Å². The van der Waals surface area contributed by atoms with Crippen LogP contribution in [0.1, 0.15) is 380 Å². The number of phosphoric acid groups is 1. The molecule has 10 heteroatoms. The van der Waals surface area contributed by atoms with Gasteiger partial charge in [-0.2, -0.15) is 0 Å². The van der Waals surface area contributed by atoms with Gasteiger partial charge in [0, 0.05) is 12.8 Å². The molecule has 0 aliphatic heterocycles. The van der Waals surface area contributed by atoms with E-state index in [9.17, 15) is 19.0 Å². The molecule has 0 rings (SSSR count). The fourth-order valence-electron chi connectivity index (χ4n) is 11.4. The van der Waals surface area contributed by atoms with Crippen LogP contribution in [0.4, 0.5) is 0 Å². The standard InChI is InChI=1S/C77H147N2O7P/c1-7-10-13-16-19-22-25-28-30-32-34-36-38-39-41-43-45-47-49-52-55-58-61-64-67-70-77(81)86-75(68-65-62-59-56-53-50-27-24-21-18-15-12-9-3)74(73-85-87(82,83)84-72-71-79(4,5)6)78-76(80)69-66-63-60-57-54-51-48-46-44-42-40-37-35-33-31-29-26-23-20-17-14-11-8-2/h20,23,29,31,35,37,65,68,74-75H,7-19,21-22,24-28,30,32-34,36,38-64,66-67,69-73H2,1-6H3,(H-,78,80,82,83)/p+1/b23-20-,31-29-,37-35-,68-65+. The summed E-state index contributed by atoms with van der Waals surface area (Å²) in [6.07, 6.45) is 85.6. The van der Waals surface area contributed by atoms with Gasteiger partial charge < -0.3 is 19.4 Å². The molecule has 9 nitrogen and oxygen atoms in total. The van der Waals surface area contributed by atoms with Crippen molar-refractivity contribution in [3.05, 3.63) is 48.6 Å². The highest BCUT2D eigenvalue weighted by Gasteiger charge is 2.30. The Labute approximate surface area is 541 Å². The smallest absolute Gasteiger partial charge is 0.456 e. The lowest BCUT2D eigenvalue weighted by molar-refractivity contribution is -0.870. The third-order valence-electron chi connectivity index (χ3n) is 17.3. The minimum Gasteiger partial charge on any atom is -0.456 e. The van der Waals surface area contributed by atoms with E-state index < -0.39 is 20.0 Å². The van der Waals surface area contributed by atoms with Crippen molar-refractivity contribution in [2.45, 2.75) is 392 Å². The van der Waals surface area contributed by atoms with Gasteiger partial charge in [0.2, 0.25) is 5.91 Å². The molecule has 3 atom stereocenters. The van der Waals surface area contributed by atoms with Crippen LogP contribution in [0.2, 0.25) is 0 Å². The van der Waals surface area contributed by atoms with Crippen molar-refractivity contribution in [1.82, 2.24) is 5.32 Å². The van der Waals surface area contributed by atoms with E-state index in [1.807, 2.05) is 27.2 Å². The molecule has 0 bridgehead atoms. The molecule has 0 aliphatic carbocycles. The molecule has 1 amide bonds. The van der Waals surface area contributed by atoms with Gasteiger partial charge in [0.05, 0.1) is 33.8 Å². The molecule has 0 spiro atoms. The molecule has 0 aromatic carbocycles. The molecule has 87 heavy (non-hydrogen) atoms. The number of nitrogens with one attached hydrogen (secondary N) is 1. The van der Waals surface area contributed by atoms with Crippen LogP contribution in [0.3, 0.4) is 0 Å². The SMILES string of the molecule is CCCCC/C=C\C/C=C\C/C=C\CCCCCCCCCCCCC(=O)NC(COP(=O)(O)OCC[N+](C)(C)C)C(/C=C/CCCCCCCCCCCCC)OC(=O)CCCCCCCCCCCCCCCCCCCCCCCCCCC. The molecular weight excluding hydrogens is 1100 g/mol. The van der Waals surface area contributed by atoms with Crippen molar-refractivity contribution in [3.63, 3.8) is 0 Å². The molecule has 0 saturated heterocycles. The van der Waals surface area contributed by atoms with Crippen molar-refractivity contribution in [2.75, 3.05) is 40.9 Å². The normalized spacial score (nSPS) is 13.7. The summed E-state index contributed by atoms with van der Waals surface area (Å²) in [5.41, 5.74) is 0. The van der Waals surface area contributed by atoms with Gasteiger partial charge in [-0.05, 0) is 70.3 Å². The topological polar surface area (TPSA) is 111 Å². The molecule has 512 valence electrons. The van der Waals surface area contributed by atoms with Gasteiger partial charge in [0.15, 0.2) is 0 Å². The van der Waals surface area contributed by atoms with E-state index in [-0.39, 0.29) is 25.1 Å². The number of carbonyl (C=O) groups is 2. The quantitative estimate of drug-likeness (QED) is 0.0205. The first kappa shape index (κ1) is 85.0. The summed E-state index contributed by atoms with van der Waals surface area (Å²) in [4.78, 5) is 38.0. The number of carbonyl (C=O) groups excluding carboxylic acids is 2. The van der Waals surface area contributed by atoms with Crippen LogP contribution in [0.15, 0.2) is 48.6 Å². The first-order chi connectivity index (χ1) is 42.4. The molecular formula is C77H148N2O7P+. The van der Waals surface area contributed by atoms with Crippen molar-refractivity contribution in [3.8, 4) is 0 Å². The Bertz CT molecular complexity index is 1620. The Morgan fingerprint density at radius 2 is 0.701 bits per heavy atom. The van der Waals surface area contributed by atoms with Crippen molar-refractivity contribution >= 4 is 19.7 Å². The van der Waals surface area contributed by atoms with Crippen molar-refractivity contribution < 1.29 is 37.3 Å². The number of unbranched alkanes of at least 4 members (excludes halogenated alkanes) is 48. The Morgan fingerprint density at radius 1 is 0.402 bits per heavy atom. The molecule has 0 aliphatic rings. The highest BCUT2D eigenvalue weighted by atomic mass is 31.2. The van der Waals surface area contributed by atoms with E-state index in [2.05, 4.69) is 68.6 Å². The number of hydrogen-bond donors (Lipinski definition) is 2. The van der Waals surface area contributed by atoms with Crippen LogP contribution in [-0.4, -0.2) is 74.3 Å². The maximum Gasteiger partial charge on any atom is 0.472 e. The number of likely N-dealkylation sites (N-methyl/N-ethyl adjacent to an activating group) is 1. The van der Waals surface area contributed by atoms with Gasteiger partial charge in [-0.15, -0.1) is 0 Å². The maximum absolute atomic E-state index is 13.6. The van der Waals surface area contributed by atoms with E-state index in [1.165, 1.54) is 276 Å². The third-order valence-corrected chi connectivity index (χ3v) is 18.3. The molecule has 0 heterocycles. The summed E-state index contributed by atoms with van der Waals surface area (Å²) in [6.45, 7) is 7.05. The van der Waals surface area contributed by atoms with Crippen LogP contribution >= 0.6 is 7.82 Å². The van der Waals surface area contributed by atoms with Gasteiger partial charge in [0.1, 0.15) is 19.3 Å². The zero-order chi connectivity index (χ0) is 63.5. The number of phosphoric ester groups is 1. The second-order valence-corrected chi connectivity index (χ2v) is 28.6. The van der Waals surface area contributed by atoms with E-state index in [4.69, 9.17) is 13.8 Å². The zero-order valence-electron chi connectivity index (χ0n) is 58.8. The summed E-state index contributed by atoms with van der Waals surface area (Å²) < 4.78 is 30.9. The average molecular weight is 1250 g/mol. The number of quaternary nitrogens is 1. The molecule has 0 aromatic heterocycles. The highest BCUT2D eigenvalue weighted by Crippen LogP contribution is 2.43. The lowest BCUT2D eigenvalue weighted by Crippen LogP contribution is -2.47. The molecule has 0 radical (unpaired) electrons. The summed E-state index contributed by atoms with van der Waals surface area (Å²) >= 11 is 0. The maximum atomic E-state index is 13.6. The van der Waals surface area contributed by atoms with Gasteiger partial charge >= 0.3 is 13.8 Å². The largest absolute Gasteiger partial charge is 0.472 e. The number of nitrogens with zero attached hydrogens (tertiary/aromatic N) is 1. The monoisotopic (exact) mass is 1240 g/mol. The minimum atomic E-state index is -4.46. The minimum absolute atomic E-state index is 0.0412. The lowest BCUT2D eigenvalue weighted by Gasteiger charge is -2.27. The number of rotatable bonds is 70. The van der Waals surface area contributed by atoms with Crippen LogP contribution in [-0.2, 0) is 27.9 Å².